The Morgan fingerprint density at radius 2 is 1.85 bits per heavy atom. The summed E-state index contributed by atoms with van der Waals surface area (Å²) in [5.41, 5.74) is -2.49. The number of fused-ring (bicyclic) bond motifs is 1. The van der Waals surface area contributed by atoms with Crippen molar-refractivity contribution in [2.24, 2.45) is 17.8 Å². The van der Waals surface area contributed by atoms with Gasteiger partial charge in [0.25, 0.3) is 0 Å². The highest BCUT2D eigenvalue weighted by atomic mass is 16.5. The van der Waals surface area contributed by atoms with Crippen LogP contribution in [0.25, 0.3) is 0 Å². The number of likely N-dealkylation sites (tertiary alicyclic amines) is 1. The van der Waals surface area contributed by atoms with Crippen LogP contribution in [0.3, 0.4) is 0 Å². The minimum atomic E-state index is -1.11. The van der Waals surface area contributed by atoms with Crippen molar-refractivity contribution in [3.05, 3.63) is 25.3 Å². The van der Waals surface area contributed by atoms with E-state index in [9.17, 15) is 19.5 Å². The van der Waals surface area contributed by atoms with Crippen molar-refractivity contribution >= 4 is 17.7 Å². The molecular weight excluding hydrogens is 422 g/mol. The third-order valence-corrected chi connectivity index (χ3v) is 7.82. The van der Waals surface area contributed by atoms with Crippen LogP contribution in [0.4, 0.5) is 0 Å². The molecule has 3 fully saturated rings. The van der Waals surface area contributed by atoms with Gasteiger partial charge in [-0.05, 0) is 40.0 Å². The standard InChI is InChI=1S/C25H39N3O5/c1-9-11-26(8)20(30)17-18-21(31)27(13-14-29)19(22(32)28(12-10-2)23(4,5)6)25(18)15-16(3)24(17,7)33-25/h9-10,16-19,29H,1-2,11-15H2,3-8H3/t16?,17-,18+,19?,24+,25?/m1/s1. The van der Waals surface area contributed by atoms with E-state index in [4.69, 9.17) is 4.74 Å². The Kier molecular flexibility index (Phi) is 6.59. The topological polar surface area (TPSA) is 90.4 Å². The second-order valence-electron chi connectivity index (χ2n) is 10.9. The molecule has 0 aromatic heterocycles. The predicted octanol–water partition coefficient (Wildman–Crippen LogP) is 1.45. The summed E-state index contributed by atoms with van der Waals surface area (Å²) in [7, 11) is 1.69. The first kappa shape index (κ1) is 25.4. The molecule has 0 aliphatic carbocycles. The maximum Gasteiger partial charge on any atom is 0.249 e. The average molecular weight is 462 g/mol. The first-order chi connectivity index (χ1) is 15.3. The molecule has 0 saturated carbocycles. The van der Waals surface area contributed by atoms with Crippen molar-refractivity contribution in [3.63, 3.8) is 0 Å². The van der Waals surface area contributed by atoms with Crippen LogP contribution in [0.2, 0.25) is 0 Å². The summed E-state index contributed by atoms with van der Waals surface area (Å²) in [5.74, 6) is -2.23. The molecule has 33 heavy (non-hydrogen) atoms. The monoisotopic (exact) mass is 461 g/mol. The van der Waals surface area contributed by atoms with Crippen molar-refractivity contribution < 1.29 is 24.2 Å². The molecule has 0 aromatic rings. The Labute approximate surface area is 197 Å². The van der Waals surface area contributed by atoms with Gasteiger partial charge in [-0.3, -0.25) is 14.4 Å². The minimum Gasteiger partial charge on any atom is -0.395 e. The largest absolute Gasteiger partial charge is 0.395 e. The highest BCUT2D eigenvalue weighted by molar-refractivity contribution is 5.99. The van der Waals surface area contributed by atoms with E-state index < -0.39 is 34.6 Å². The third kappa shape index (κ3) is 3.62. The number of aliphatic hydroxyl groups excluding tert-OH is 1. The van der Waals surface area contributed by atoms with Gasteiger partial charge in [0.15, 0.2) is 0 Å². The van der Waals surface area contributed by atoms with Gasteiger partial charge < -0.3 is 24.5 Å². The molecule has 0 radical (unpaired) electrons. The van der Waals surface area contributed by atoms with Gasteiger partial charge in [-0.15, -0.1) is 13.2 Å². The summed E-state index contributed by atoms with van der Waals surface area (Å²) in [4.78, 5) is 46.1. The lowest BCUT2D eigenvalue weighted by molar-refractivity contribution is -0.157. The summed E-state index contributed by atoms with van der Waals surface area (Å²) in [6.45, 7) is 17.6. The van der Waals surface area contributed by atoms with Gasteiger partial charge in [0.1, 0.15) is 11.6 Å². The van der Waals surface area contributed by atoms with Gasteiger partial charge in [-0.25, -0.2) is 0 Å². The number of ether oxygens (including phenoxy) is 1. The average Bonchev–Trinajstić information content (AvgIpc) is 3.22. The molecule has 2 bridgehead atoms. The van der Waals surface area contributed by atoms with Crippen LogP contribution in [0.15, 0.2) is 25.3 Å². The molecular formula is C25H39N3O5. The number of nitrogens with zero attached hydrogens (tertiary/aromatic N) is 3. The van der Waals surface area contributed by atoms with E-state index in [0.29, 0.717) is 19.5 Å². The van der Waals surface area contributed by atoms with Crippen LogP contribution in [-0.2, 0) is 19.1 Å². The lowest BCUT2D eigenvalue weighted by atomic mass is 9.62. The summed E-state index contributed by atoms with van der Waals surface area (Å²) in [6, 6.07) is -0.909. The maximum atomic E-state index is 14.1. The smallest absolute Gasteiger partial charge is 0.249 e. The normalized spacial score (nSPS) is 34.9. The summed E-state index contributed by atoms with van der Waals surface area (Å²) in [6.07, 6.45) is 3.81. The van der Waals surface area contributed by atoms with Gasteiger partial charge in [-0.2, -0.15) is 0 Å². The van der Waals surface area contributed by atoms with Crippen LogP contribution in [0, 0.1) is 17.8 Å². The second-order valence-corrected chi connectivity index (χ2v) is 10.9. The molecule has 6 atom stereocenters. The molecule has 8 nitrogen and oxygen atoms in total. The summed E-state index contributed by atoms with van der Waals surface area (Å²) >= 11 is 0. The molecule has 3 unspecified atom stereocenters. The fourth-order valence-corrected chi connectivity index (χ4v) is 6.23. The molecule has 3 rings (SSSR count). The SMILES string of the molecule is C=CCN(C)C(=O)[C@H]1[C@H]2C(=O)N(CCO)C(C(=O)N(CC=C)C(C)(C)C)C23CC(C)[C@]1(C)O3. The molecule has 3 saturated heterocycles. The number of carbonyl (C=O) groups is 3. The molecule has 3 aliphatic heterocycles. The van der Waals surface area contributed by atoms with Crippen molar-refractivity contribution in [3.8, 4) is 0 Å². The zero-order valence-electron chi connectivity index (χ0n) is 20.8. The number of β-amino-alcohol motifs (C(OH)–C–C–N with tert-alkyl or cyclic N) is 1. The van der Waals surface area contributed by atoms with Crippen molar-refractivity contribution in [2.45, 2.75) is 63.8 Å². The van der Waals surface area contributed by atoms with Crippen LogP contribution in [0.5, 0.6) is 0 Å². The van der Waals surface area contributed by atoms with Gasteiger partial charge >= 0.3 is 0 Å². The Balaban J connectivity index is 2.14. The van der Waals surface area contributed by atoms with Crippen LogP contribution < -0.4 is 0 Å². The number of amides is 3. The Hall–Kier alpha value is -2.19. The number of rotatable bonds is 8. The van der Waals surface area contributed by atoms with Crippen molar-refractivity contribution in [2.75, 3.05) is 33.3 Å². The van der Waals surface area contributed by atoms with Gasteiger partial charge in [0, 0.05) is 32.2 Å². The van der Waals surface area contributed by atoms with Crippen LogP contribution in [-0.4, -0.2) is 93.6 Å². The summed E-state index contributed by atoms with van der Waals surface area (Å²) < 4.78 is 6.68. The Morgan fingerprint density at radius 1 is 1.24 bits per heavy atom. The molecule has 3 amide bonds. The van der Waals surface area contributed by atoms with E-state index in [1.54, 1.807) is 29.0 Å². The molecule has 3 aliphatic rings. The highest BCUT2D eigenvalue weighted by Gasteiger charge is 2.80. The lowest BCUT2D eigenvalue weighted by Gasteiger charge is -2.42. The predicted molar refractivity (Wildman–Crippen MR) is 125 cm³/mol. The zero-order chi connectivity index (χ0) is 24.9. The van der Waals surface area contributed by atoms with E-state index in [2.05, 4.69) is 13.2 Å². The maximum absolute atomic E-state index is 14.1. The quantitative estimate of drug-likeness (QED) is 0.553. The van der Waals surface area contributed by atoms with E-state index in [-0.39, 0.29) is 36.8 Å². The molecule has 3 heterocycles. The molecule has 0 aromatic carbocycles. The fourth-order valence-electron chi connectivity index (χ4n) is 6.23. The van der Waals surface area contributed by atoms with Crippen molar-refractivity contribution in [1.29, 1.82) is 0 Å². The Morgan fingerprint density at radius 3 is 2.36 bits per heavy atom. The van der Waals surface area contributed by atoms with Gasteiger partial charge in [0.2, 0.25) is 17.7 Å². The number of hydrogen-bond acceptors (Lipinski definition) is 5. The lowest BCUT2D eigenvalue weighted by Crippen LogP contribution is -2.60. The molecule has 1 spiro atoms. The fraction of sp³-hybridized carbons (Fsp3) is 0.720. The first-order valence-corrected chi connectivity index (χ1v) is 11.7. The van der Waals surface area contributed by atoms with Crippen LogP contribution >= 0.6 is 0 Å². The van der Waals surface area contributed by atoms with E-state index in [1.807, 2.05) is 34.6 Å². The second kappa shape index (κ2) is 8.55. The number of likely N-dealkylation sites (N-methyl/N-ethyl adjacent to an activating group) is 1. The molecule has 184 valence electrons. The highest BCUT2D eigenvalue weighted by Crippen LogP contribution is 2.65. The summed E-state index contributed by atoms with van der Waals surface area (Å²) in [5, 5.41) is 9.75. The first-order valence-electron chi connectivity index (χ1n) is 11.7. The van der Waals surface area contributed by atoms with Gasteiger partial charge in [0.05, 0.1) is 24.0 Å². The zero-order valence-corrected chi connectivity index (χ0v) is 20.8. The Bertz CT molecular complexity index is 851. The van der Waals surface area contributed by atoms with Crippen LogP contribution in [0.1, 0.15) is 41.0 Å². The minimum absolute atomic E-state index is 0.0113. The van der Waals surface area contributed by atoms with Gasteiger partial charge in [-0.1, -0.05) is 19.1 Å². The van der Waals surface area contributed by atoms with E-state index in [0.717, 1.165) is 0 Å². The molecule has 8 heteroatoms. The van der Waals surface area contributed by atoms with E-state index in [1.165, 1.54) is 4.90 Å². The third-order valence-electron chi connectivity index (χ3n) is 7.82. The number of carbonyl (C=O) groups excluding carboxylic acids is 3. The van der Waals surface area contributed by atoms with Crippen molar-refractivity contribution in [1.82, 2.24) is 14.7 Å². The molecule has 1 N–H and O–H groups in total. The number of aliphatic hydroxyl groups is 1. The number of hydrogen-bond donors (Lipinski definition) is 1. The van der Waals surface area contributed by atoms with E-state index >= 15 is 0 Å².